The molecule has 1 unspecified atom stereocenters. The number of aryl methyl sites for hydroxylation is 1. The second kappa shape index (κ2) is 16.5. The van der Waals surface area contributed by atoms with Crippen LogP contribution in [0.25, 0.3) is 6.08 Å². The minimum absolute atomic E-state index is 0.00966. The van der Waals surface area contributed by atoms with Crippen molar-refractivity contribution in [3.8, 4) is 0 Å². The molecule has 0 radical (unpaired) electrons. The van der Waals surface area contributed by atoms with E-state index in [4.69, 9.17) is 0 Å². The molecule has 46 heavy (non-hydrogen) atoms. The number of nitrogens with zero attached hydrogens (tertiary/aromatic N) is 1. The molecule has 3 aromatic rings. The van der Waals surface area contributed by atoms with Gasteiger partial charge in [0.1, 0.15) is 6.54 Å². The van der Waals surface area contributed by atoms with Gasteiger partial charge in [0.2, 0.25) is 0 Å². The highest BCUT2D eigenvalue weighted by Crippen LogP contribution is 2.16. The molecule has 12 heteroatoms. The summed E-state index contributed by atoms with van der Waals surface area (Å²) in [5, 5.41) is 30.0. The fourth-order valence-electron chi connectivity index (χ4n) is 4.38. The summed E-state index contributed by atoms with van der Waals surface area (Å²) in [6.45, 7) is 4.98. The Balaban J connectivity index is 1.49. The Labute approximate surface area is 267 Å². The van der Waals surface area contributed by atoms with Crippen molar-refractivity contribution < 1.29 is 34.2 Å². The molecule has 242 valence electrons. The smallest absolute Gasteiger partial charge is 0.330 e. The number of para-hydroxylation sites is 1. The van der Waals surface area contributed by atoms with Gasteiger partial charge in [0.05, 0.1) is 5.54 Å². The van der Waals surface area contributed by atoms with Crippen molar-refractivity contribution in [1.29, 1.82) is 0 Å². The summed E-state index contributed by atoms with van der Waals surface area (Å²) in [7, 11) is 0. The molecule has 0 aliphatic heterocycles. The highest BCUT2D eigenvalue weighted by Gasteiger charge is 2.27. The molecule has 3 rings (SSSR count). The van der Waals surface area contributed by atoms with E-state index in [0.29, 0.717) is 23.4 Å². The molecule has 0 aromatic heterocycles. The topological polar surface area (TPSA) is 177 Å². The Bertz CT molecular complexity index is 1560. The van der Waals surface area contributed by atoms with E-state index in [-0.39, 0.29) is 24.9 Å². The van der Waals surface area contributed by atoms with Gasteiger partial charge in [-0.2, -0.15) is 0 Å². The summed E-state index contributed by atoms with van der Waals surface area (Å²) in [6, 6.07) is 20.0. The number of benzene rings is 3. The molecule has 0 bridgehead atoms. The van der Waals surface area contributed by atoms with Gasteiger partial charge in [0, 0.05) is 17.9 Å². The van der Waals surface area contributed by atoms with E-state index in [1.165, 1.54) is 6.08 Å². The van der Waals surface area contributed by atoms with Gasteiger partial charge in [-0.05, 0) is 74.7 Å². The van der Waals surface area contributed by atoms with E-state index >= 15 is 0 Å². The maximum absolute atomic E-state index is 12.9. The zero-order chi connectivity index (χ0) is 33.7. The first-order chi connectivity index (χ1) is 21.9. The van der Waals surface area contributed by atoms with Crippen LogP contribution in [0.1, 0.15) is 43.0 Å². The molecule has 0 aliphatic carbocycles. The van der Waals surface area contributed by atoms with Crippen LogP contribution in [0.15, 0.2) is 84.9 Å². The molecule has 0 spiro atoms. The van der Waals surface area contributed by atoms with Crippen molar-refractivity contribution in [2.75, 3.05) is 30.3 Å². The van der Waals surface area contributed by atoms with E-state index in [1.807, 2.05) is 31.2 Å². The number of urea groups is 2. The van der Waals surface area contributed by atoms with Crippen molar-refractivity contribution >= 4 is 47.2 Å². The van der Waals surface area contributed by atoms with Crippen LogP contribution < -0.4 is 21.3 Å². The lowest BCUT2D eigenvalue weighted by molar-refractivity contribution is -0.139. The number of amides is 4. The highest BCUT2D eigenvalue weighted by molar-refractivity contribution is 6.01. The van der Waals surface area contributed by atoms with E-state index < -0.39 is 36.1 Å². The van der Waals surface area contributed by atoms with Crippen LogP contribution in [-0.4, -0.2) is 70.1 Å². The lowest BCUT2D eigenvalue weighted by Crippen LogP contribution is -2.48. The van der Waals surface area contributed by atoms with E-state index in [0.717, 1.165) is 16.0 Å². The normalized spacial score (nSPS) is 11.8. The van der Waals surface area contributed by atoms with Crippen molar-refractivity contribution in [2.45, 2.75) is 38.8 Å². The number of aliphatic carboxylic acids is 2. The zero-order valence-corrected chi connectivity index (χ0v) is 25.9. The molecule has 6 N–H and O–H groups in total. The highest BCUT2D eigenvalue weighted by atomic mass is 16.4. The summed E-state index contributed by atoms with van der Waals surface area (Å²) in [4.78, 5) is 62.3. The zero-order valence-electron chi connectivity index (χ0n) is 25.9. The number of nitrogens with one attached hydrogen (secondary N) is 4. The maximum Gasteiger partial charge on any atom is 0.330 e. The van der Waals surface area contributed by atoms with Crippen LogP contribution in [0.2, 0.25) is 0 Å². The van der Waals surface area contributed by atoms with Gasteiger partial charge in [-0.25, -0.2) is 14.4 Å². The minimum Gasteiger partial charge on any atom is -0.480 e. The summed E-state index contributed by atoms with van der Waals surface area (Å²) >= 11 is 0. The number of carbonyl (C=O) groups is 5. The number of ketones is 1. The van der Waals surface area contributed by atoms with Gasteiger partial charge < -0.3 is 36.4 Å². The van der Waals surface area contributed by atoms with Gasteiger partial charge in [-0.15, -0.1) is 0 Å². The maximum atomic E-state index is 12.9. The van der Waals surface area contributed by atoms with Crippen molar-refractivity contribution in [1.82, 2.24) is 15.5 Å². The predicted molar refractivity (Wildman–Crippen MR) is 176 cm³/mol. The molecule has 4 amide bonds. The lowest BCUT2D eigenvalue weighted by atomic mass is 9.98. The molecular formula is C34H39N5O7. The fourth-order valence-corrected chi connectivity index (χ4v) is 4.38. The number of anilines is 2. The van der Waals surface area contributed by atoms with Crippen LogP contribution in [0.5, 0.6) is 0 Å². The third-order valence-electron chi connectivity index (χ3n) is 7.04. The van der Waals surface area contributed by atoms with E-state index in [2.05, 4.69) is 21.3 Å². The minimum atomic E-state index is -1.35. The molecule has 0 saturated heterocycles. The fraction of sp³-hybridized carbons (Fsp3) is 0.265. The Hall–Kier alpha value is -5.49. The third-order valence-corrected chi connectivity index (χ3v) is 7.04. The largest absolute Gasteiger partial charge is 0.480 e. The summed E-state index contributed by atoms with van der Waals surface area (Å²) in [6.07, 6.45) is 3.41. The number of hydrogen-bond donors (Lipinski definition) is 6. The van der Waals surface area contributed by atoms with Gasteiger partial charge in [-0.3, -0.25) is 9.59 Å². The van der Waals surface area contributed by atoms with Gasteiger partial charge in [0.15, 0.2) is 11.8 Å². The molecule has 0 aliphatic rings. The summed E-state index contributed by atoms with van der Waals surface area (Å²) in [5.41, 5.74) is 2.37. The van der Waals surface area contributed by atoms with Crippen LogP contribution in [-0.2, 0) is 14.4 Å². The SMILES string of the molecule is Cc1ccccc1NC(=O)Nc1ccc(C=CC(=O)C(C)(C)NCCCN(CC(=O)O)C(=O)NC(C(=O)O)c2ccccc2)cc1. The van der Waals surface area contributed by atoms with E-state index in [1.54, 1.807) is 74.5 Å². The number of rotatable bonds is 15. The standard InChI is InChI=1S/C34H39N5O7/c1-23-10-7-8-13-27(23)37-32(45)36-26-17-14-24(15-18-26)16-19-28(40)34(2,3)35-20-9-21-39(22-29(41)42)33(46)38-30(31(43)44)25-11-5-4-6-12-25/h4-8,10-19,30,35H,9,20-22H2,1-3H3,(H,38,46)(H,41,42)(H,43,44)(H2,36,37,45). The van der Waals surface area contributed by atoms with Crippen LogP contribution in [0, 0.1) is 6.92 Å². The summed E-state index contributed by atoms with van der Waals surface area (Å²) < 4.78 is 0. The molecular weight excluding hydrogens is 590 g/mol. The molecule has 0 saturated carbocycles. The molecule has 0 heterocycles. The van der Waals surface area contributed by atoms with E-state index in [9.17, 15) is 34.2 Å². The Kier molecular flexibility index (Phi) is 12.6. The van der Waals surface area contributed by atoms with Gasteiger partial charge in [-0.1, -0.05) is 66.7 Å². The van der Waals surface area contributed by atoms with Crippen molar-refractivity contribution in [3.63, 3.8) is 0 Å². The quantitative estimate of drug-likeness (QED) is 0.102. The number of carboxylic acid groups (broad SMARTS) is 2. The third kappa shape index (κ3) is 10.9. The van der Waals surface area contributed by atoms with Crippen molar-refractivity contribution in [2.24, 2.45) is 0 Å². The van der Waals surface area contributed by atoms with Crippen LogP contribution in [0.4, 0.5) is 21.0 Å². The average molecular weight is 630 g/mol. The average Bonchev–Trinajstić information content (AvgIpc) is 3.01. The first-order valence-electron chi connectivity index (χ1n) is 14.6. The first-order valence-corrected chi connectivity index (χ1v) is 14.6. The second-order valence-electron chi connectivity index (χ2n) is 11.1. The molecule has 1 atom stereocenters. The molecule has 12 nitrogen and oxygen atoms in total. The van der Waals surface area contributed by atoms with Crippen LogP contribution in [0.3, 0.4) is 0 Å². The first kappa shape index (κ1) is 35.0. The molecule has 0 fully saturated rings. The Morgan fingerprint density at radius 2 is 1.52 bits per heavy atom. The number of carbonyl (C=O) groups excluding carboxylic acids is 3. The van der Waals surface area contributed by atoms with Crippen molar-refractivity contribution in [3.05, 3.63) is 102 Å². The van der Waals surface area contributed by atoms with Gasteiger partial charge in [0.25, 0.3) is 0 Å². The number of carboxylic acids is 2. The van der Waals surface area contributed by atoms with Gasteiger partial charge >= 0.3 is 24.0 Å². The monoisotopic (exact) mass is 629 g/mol. The number of hydrogen-bond acceptors (Lipinski definition) is 6. The molecule has 3 aromatic carbocycles. The van der Waals surface area contributed by atoms with Crippen LogP contribution >= 0.6 is 0 Å². The lowest BCUT2D eigenvalue weighted by Gasteiger charge is -2.26. The summed E-state index contributed by atoms with van der Waals surface area (Å²) in [5.74, 6) is -2.73. The Morgan fingerprint density at radius 1 is 0.870 bits per heavy atom. The predicted octanol–water partition coefficient (Wildman–Crippen LogP) is 4.90. The second-order valence-corrected chi connectivity index (χ2v) is 11.1. The Morgan fingerprint density at radius 3 is 2.15 bits per heavy atom.